The van der Waals surface area contributed by atoms with Crippen molar-refractivity contribution in [3.05, 3.63) is 29.3 Å². The summed E-state index contributed by atoms with van der Waals surface area (Å²) in [5.74, 6) is 0.476. The second-order valence-corrected chi connectivity index (χ2v) is 6.35. The van der Waals surface area contributed by atoms with Gasteiger partial charge in [0.05, 0.1) is 0 Å². The van der Waals surface area contributed by atoms with Gasteiger partial charge in [0.15, 0.2) is 0 Å². The molecule has 1 aliphatic rings. The Morgan fingerprint density at radius 1 is 1.32 bits per heavy atom. The summed E-state index contributed by atoms with van der Waals surface area (Å²) in [5.41, 5.74) is 2.24. The molecule has 0 aliphatic carbocycles. The van der Waals surface area contributed by atoms with Gasteiger partial charge in [-0.1, -0.05) is 13.0 Å². The Hall–Kier alpha value is -2.04. The predicted octanol–water partition coefficient (Wildman–Crippen LogP) is 2.96. The monoisotopic (exact) mass is 303 g/mol. The fraction of sp³-hybridized carbons (Fsp3) is 0.529. The van der Waals surface area contributed by atoms with E-state index in [0.717, 1.165) is 25.1 Å². The van der Waals surface area contributed by atoms with Crippen molar-refractivity contribution in [2.45, 2.75) is 26.7 Å². The van der Waals surface area contributed by atoms with Crippen molar-refractivity contribution in [3.8, 4) is 0 Å². The van der Waals surface area contributed by atoms with Crippen LogP contribution in [0, 0.1) is 12.8 Å². The molecule has 1 saturated heterocycles. The summed E-state index contributed by atoms with van der Waals surface area (Å²) in [6, 6.07) is 5.33. The lowest BCUT2D eigenvalue weighted by Crippen LogP contribution is -2.41. The number of piperidine rings is 1. The summed E-state index contributed by atoms with van der Waals surface area (Å²) >= 11 is 0. The second kappa shape index (κ2) is 6.81. The van der Waals surface area contributed by atoms with Gasteiger partial charge in [-0.2, -0.15) is 0 Å². The molecule has 1 aliphatic heterocycles. The highest BCUT2D eigenvalue weighted by Gasteiger charge is 2.21. The first-order chi connectivity index (χ1) is 10.4. The molecule has 3 amide bonds. The minimum Gasteiger partial charge on any atom is -0.345 e. The van der Waals surface area contributed by atoms with E-state index in [1.165, 1.54) is 11.3 Å². The normalized spacial score (nSPS) is 18.0. The molecule has 1 fully saturated rings. The van der Waals surface area contributed by atoms with Gasteiger partial charge in [0.25, 0.3) is 5.91 Å². The van der Waals surface area contributed by atoms with Crippen LogP contribution in [0.25, 0.3) is 0 Å². The van der Waals surface area contributed by atoms with E-state index in [0.29, 0.717) is 17.2 Å². The van der Waals surface area contributed by atoms with E-state index >= 15 is 0 Å². The van der Waals surface area contributed by atoms with Gasteiger partial charge in [0.1, 0.15) is 0 Å². The van der Waals surface area contributed by atoms with Crippen LogP contribution in [0.15, 0.2) is 18.2 Å². The number of anilines is 1. The number of nitrogens with zero attached hydrogens (tertiary/aromatic N) is 2. The first-order valence-electron chi connectivity index (χ1n) is 7.76. The average Bonchev–Trinajstić information content (AvgIpc) is 2.48. The number of benzene rings is 1. The third-order valence-corrected chi connectivity index (χ3v) is 4.08. The molecule has 0 spiro atoms. The molecule has 1 unspecified atom stereocenters. The van der Waals surface area contributed by atoms with Crippen LogP contribution in [0.3, 0.4) is 0 Å². The number of hydrogen-bond donors (Lipinski definition) is 1. The van der Waals surface area contributed by atoms with Gasteiger partial charge in [-0.25, -0.2) is 4.79 Å². The van der Waals surface area contributed by atoms with E-state index in [4.69, 9.17) is 0 Å². The van der Waals surface area contributed by atoms with Crippen molar-refractivity contribution in [3.63, 3.8) is 0 Å². The van der Waals surface area contributed by atoms with Crippen LogP contribution < -0.4 is 5.32 Å². The number of urea groups is 1. The van der Waals surface area contributed by atoms with Gasteiger partial charge < -0.3 is 15.1 Å². The number of aryl methyl sites for hydroxylation is 1. The third kappa shape index (κ3) is 3.78. The number of carbonyl (C=O) groups is 2. The summed E-state index contributed by atoms with van der Waals surface area (Å²) in [5, 5.41) is 2.95. The lowest BCUT2D eigenvalue weighted by Gasteiger charge is -2.31. The van der Waals surface area contributed by atoms with Crippen molar-refractivity contribution in [1.82, 2.24) is 9.80 Å². The van der Waals surface area contributed by atoms with Crippen LogP contribution in [-0.2, 0) is 0 Å². The van der Waals surface area contributed by atoms with Crippen molar-refractivity contribution < 1.29 is 9.59 Å². The van der Waals surface area contributed by atoms with Crippen molar-refractivity contribution in [2.24, 2.45) is 5.92 Å². The zero-order valence-electron chi connectivity index (χ0n) is 13.8. The van der Waals surface area contributed by atoms with Crippen LogP contribution in [-0.4, -0.2) is 48.9 Å². The highest BCUT2D eigenvalue weighted by atomic mass is 16.2. The molecule has 1 heterocycles. The number of likely N-dealkylation sites (tertiary alicyclic amines) is 1. The predicted molar refractivity (Wildman–Crippen MR) is 88.2 cm³/mol. The van der Waals surface area contributed by atoms with Crippen molar-refractivity contribution >= 4 is 17.6 Å². The van der Waals surface area contributed by atoms with Crippen LogP contribution in [0.5, 0.6) is 0 Å². The molecule has 120 valence electrons. The molecule has 5 nitrogen and oxygen atoms in total. The fourth-order valence-corrected chi connectivity index (χ4v) is 2.72. The second-order valence-electron chi connectivity index (χ2n) is 6.35. The molecular formula is C17H25N3O2. The third-order valence-electron chi connectivity index (χ3n) is 4.08. The Morgan fingerprint density at radius 3 is 2.68 bits per heavy atom. The number of hydrogen-bond acceptors (Lipinski definition) is 2. The van der Waals surface area contributed by atoms with Gasteiger partial charge in [-0.15, -0.1) is 0 Å². The number of nitrogens with one attached hydrogen (secondary N) is 1. The average molecular weight is 303 g/mol. The first kappa shape index (κ1) is 16.3. The van der Waals surface area contributed by atoms with Gasteiger partial charge in [0.2, 0.25) is 0 Å². The Kier molecular flexibility index (Phi) is 5.06. The van der Waals surface area contributed by atoms with Gasteiger partial charge in [-0.05, 0) is 43.4 Å². The quantitative estimate of drug-likeness (QED) is 0.913. The van der Waals surface area contributed by atoms with Gasteiger partial charge in [-0.3, -0.25) is 4.79 Å². The topological polar surface area (TPSA) is 52.7 Å². The minimum atomic E-state index is -0.0795. The minimum absolute atomic E-state index is 0.0675. The maximum absolute atomic E-state index is 12.4. The Balaban J connectivity index is 2.13. The standard InChI is InChI=1S/C17H25N3O2/c1-12-6-5-9-20(11-12)17(22)18-15-10-14(8-7-13(15)2)16(21)19(3)4/h7-8,10,12H,5-6,9,11H2,1-4H3,(H,18,22). The largest absolute Gasteiger partial charge is 0.345 e. The zero-order valence-corrected chi connectivity index (χ0v) is 13.8. The van der Waals surface area contributed by atoms with Crippen LogP contribution in [0.1, 0.15) is 35.7 Å². The highest BCUT2D eigenvalue weighted by Crippen LogP contribution is 2.20. The van der Waals surface area contributed by atoms with Crippen LogP contribution >= 0.6 is 0 Å². The van der Waals surface area contributed by atoms with Crippen LogP contribution in [0.4, 0.5) is 10.5 Å². The molecule has 0 saturated carbocycles. The SMILES string of the molecule is Cc1ccc(C(=O)N(C)C)cc1NC(=O)N1CCCC(C)C1. The van der Waals surface area contributed by atoms with Crippen molar-refractivity contribution in [1.29, 1.82) is 0 Å². The maximum atomic E-state index is 12.4. The number of carbonyl (C=O) groups excluding carboxylic acids is 2. The molecule has 2 rings (SSSR count). The summed E-state index contributed by atoms with van der Waals surface area (Å²) < 4.78 is 0. The molecule has 1 atom stereocenters. The molecule has 5 heteroatoms. The number of amides is 3. The summed E-state index contributed by atoms with van der Waals surface area (Å²) in [6.07, 6.45) is 2.22. The Morgan fingerprint density at radius 2 is 2.05 bits per heavy atom. The Bertz CT molecular complexity index is 569. The highest BCUT2D eigenvalue weighted by molar-refractivity contribution is 5.97. The van der Waals surface area contributed by atoms with E-state index in [1.807, 2.05) is 17.9 Å². The van der Waals surface area contributed by atoms with E-state index in [-0.39, 0.29) is 11.9 Å². The Labute approximate surface area is 132 Å². The fourth-order valence-electron chi connectivity index (χ4n) is 2.72. The molecule has 0 bridgehead atoms. The molecule has 0 aromatic heterocycles. The van der Waals surface area contributed by atoms with E-state index < -0.39 is 0 Å². The zero-order chi connectivity index (χ0) is 16.3. The molecule has 1 N–H and O–H groups in total. The lowest BCUT2D eigenvalue weighted by molar-refractivity contribution is 0.0827. The molecule has 0 radical (unpaired) electrons. The van der Waals surface area contributed by atoms with E-state index in [2.05, 4.69) is 12.2 Å². The molecule has 1 aromatic rings. The summed E-state index contributed by atoms with van der Waals surface area (Å²) in [6.45, 7) is 5.69. The first-order valence-corrected chi connectivity index (χ1v) is 7.76. The van der Waals surface area contributed by atoms with Gasteiger partial charge >= 0.3 is 6.03 Å². The lowest BCUT2D eigenvalue weighted by atomic mass is 10.0. The van der Waals surface area contributed by atoms with Gasteiger partial charge in [0, 0.05) is 38.4 Å². The van der Waals surface area contributed by atoms with Crippen molar-refractivity contribution in [2.75, 3.05) is 32.5 Å². The maximum Gasteiger partial charge on any atom is 0.321 e. The summed E-state index contributed by atoms with van der Waals surface area (Å²) in [4.78, 5) is 27.8. The molecular weight excluding hydrogens is 278 g/mol. The molecule has 1 aromatic carbocycles. The van der Waals surface area contributed by atoms with E-state index in [9.17, 15) is 9.59 Å². The molecule has 22 heavy (non-hydrogen) atoms. The summed E-state index contributed by atoms with van der Waals surface area (Å²) in [7, 11) is 3.44. The smallest absolute Gasteiger partial charge is 0.321 e. The van der Waals surface area contributed by atoms with Crippen LogP contribution in [0.2, 0.25) is 0 Å². The van der Waals surface area contributed by atoms with E-state index in [1.54, 1.807) is 26.2 Å². The number of rotatable bonds is 2.